The maximum Gasteiger partial charge on any atom is 0.244 e. The normalized spacial score (nSPS) is 12.5. The van der Waals surface area contributed by atoms with E-state index >= 15 is 0 Å². The number of anilines is 1. The first kappa shape index (κ1) is 32.3. The van der Waals surface area contributed by atoms with E-state index in [0.29, 0.717) is 26.7 Å². The Morgan fingerprint density at radius 3 is 2.14 bits per heavy atom. The second kappa shape index (κ2) is 13.4. The number of nitrogens with zero attached hydrogens (tertiary/aromatic N) is 2. The van der Waals surface area contributed by atoms with Crippen molar-refractivity contribution in [2.75, 3.05) is 17.1 Å². The molecule has 0 saturated carbocycles. The Balaban J connectivity index is 1.81. The van der Waals surface area contributed by atoms with Gasteiger partial charge in [-0.05, 0) is 55.5 Å². The topological polar surface area (TPSA) is 86.8 Å². The summed E-state index contributed by atoms with van der Waals surface area (Å²) in [5.41, 5.74) is 1.28. The van der Waals surface area contributed by atoms with E-state index in [1.165, 1.54) is 4.90 Å². The van der Waals surface area contributed by atoms with Gasteiger partial charge in [0.15, 0.2) is 0 Å². The predicted molar refractivity (Wildman–Crippen MR) is 175 cm³/mol. The van der Waals surface area contributed by atoms with E-state index in [2.05, 4.69) is 5.32 Å². The first-order valence-electron chi connectivity index (χ1n) is 13.8. The predicted octanol–water partition coefficient (Wildman–Crippen LogP) is 6.47. The van der Waals surface area contributed by atoms with Crippen LogP contribution in [0.5, 0.6) is 0 Å². The Kier molecular flexibility index (Phi) is 10.1. The number of amides is 2. The van der Waals surface area contributed by atoms with E-state index in [9.17, 15) is 18.0 Å². The van der Waals surface area contributed by atoms with Gasteiger partial charge in [-0.15, -0.1) is 0 Å². The van der Waals surface area contributed by atoms with Gasteiger partial charge in [-0.25, -0.2) is 8.42 Å². The number of halogens is 2. The molecule has 4 rings (SSSR count). The lowest BCUT2D eigenvalue weighted by molar-refractivity contribution is -0.140. The van der Waals surface area contributed by atoms with Crippen LogP contribution in [0.2, 0.25) is 10.0 Å². The largest absolute Gasteiger partial charge is 0.350 e. The lowest BCUT2D eigenvalue weighted by atomic mass is 10.0. The van der Waals surface area contributed by atoms with Gasteiger partial charge in [0.25, 0.3) is 0 Å². The van der Waals surface area contributed by atoms with Crippen molar-refractivity contribution in [3.63, 3.8) is 0 Å². The molecule has 0 radical (unpaired) electrons. The van der Waals surface area contributed by atoms with Crippen molar-refractivity contribution < 1.29 is 18.0 Å². The van der Waals surface area contributed by atoms with E-state index in [4.69, 9.17) is 23.2 Å². The van der Waals surface area contributed by atoms with Crippen molar-refractivity contribution in [1.29, 1.82) is 0 Å². The maximum absolute atomic E-state index is 14.3. The summed E-state index contributed by atoms with van der Waals surface area (Å²) in [4.78, 5) is 29.6. The summed E-state index contributed by atoms with van der Waals surface area (Å²) in [5, 5.41) is 5.19. The molecule has 1 N–H and O–H groups in total. The van der Waals surface area contributed by atoms with Gasteiger partial charge in [-0.2, -0.15) is 0 Å². The molecule has 0 saturated heterocycles. The summed E-state index contributed by atoms with van der Waals surface area (Å²) in [5.74, 6) is -0.907. The number of rotatable bonds is 10. The molecular weight excluding hydrogens is 605 g/mol. The summed E-state index contributed by atoms with van der Waals surface area (Å²) < 4.78 is 27.5. The molecule has 0 heterocycles. The summed E-state index contributed by atoms with van der Waals surface area (Å²) in [6.07, 6.45) is 1.28. The highest BCUT2D eigenvalue weighted by Gasteiger charge is 2.34. The minimum absolute atomic E-state index is 0.00206. The van der Waals surface area contributed by atoms with E-state index in [0.717, 1.165) is 21.5 Å². The third-order valence-electron chi connectivity index (χ3n) is 6.82. The second-order valence-corrected chi connectivity index (χ2v) is 14.2. The van der Waals surface area contributed by atoms with Crippen LogP contribution in [0.3, 0.4) is 0 Å². The molecule has 226 valence electrons. The first-order chi connectivity index (χ1) is 20.2. The zero-order valence-corrected chi connectivity index (χ0v) is 26.9. The average Bonchev–Trinajstić information content (AvgIpc) is 2.94. The summed E-state index contributed by atoms with van der Waals surface area (Å²) in [6, 6.07) is 26.1. The van der Waals surface area contributed by atoms with E-state index in [1.807, 2.05) is 81.4 Å². The van der Waals surface area contributed by atoms with Gasteiger partial charge < -0.3 is 10.2 Å². The lowest BCUT2D eigenvalue weighted by Crippen LogP contribution is -2.56. The van der Waals surface area contributed by atoms with E-state index in [1.54, 1.807) is 30.3 Å². The number of fused-ring (bicyclic) bond motifs is 1. The Hall–Kier alpha value is -3.59. The number of benzene rings is 4. The fourth-order valence-corrected chi connectivity index (χ4v) is 6.04. The molecule has 0 aliphatic rings. The Morgan fingerprint density at radius 2 is 1.49 bits per heavy atom. The lowest BCUT2D eigenvalue weighted by Gasteiger charge is -2.35. The fourth-order valence-electron chi connectivity index (χ4n) is 4.86. The van der Waals surface area contributed by atoms with Gasteiger partial charge in [0, 0.05) is 23.9 Å². The van der Waals surface area contributed by atoms with Gasteiger partial charge in [-0.3, -0.25) is 13.9 Å². The standard InChI is InChI=1S/C33H35Cl2N3O4S/c1-33(2,3)36-32(40)30(20-23-11-6-5-7-12-23)37(21-24-17-18-27(34)28(35)19-24)31(39)22-38(43(4,41)42)29-16-10-14-25-13-8-9-15-26(25)29/h5-19,30H,20-22H2,1-4H3,(H,36,40)/t30-/m1/s1. The second-order valence-electron chi connectivity index (χ2n) is 11.5. The molecular formula is C33H35Cl2N3O4S. The van der Waals surface area contributed by atoms with Crippen LogP contribution in [0.4, 0.5) is 5.69 Å². The van der Waals surface area contributed by atoms with E-state index < -0.39 is 34.1 Å². The molecule has 2 amide bonds. The highest BCUT2D eigenvalue weighted by Crippen LogP contribution is 2.29. The molecule has 0 unspecified atom stereocenters. The molecule has 0 bridgehead atoms. The zero-order valence-electron chi connectivity index (χ0n) is 24.6. The third-order valence-corrected chi connectivity index (χ3v) is 8.69. The van der Waals surface area contributed by atoms with Gasteiger partial charge in [-0.1, -0.05) is 96.0 Å². The van der Waals surface area contributed by atoms with Gasteiger partial charge in [0.05, 0.1) is 22.0 Å². The molecule has 0 aliphatic heterocycles. The molecule has 10 heteroatoms. The highest BCUT2D eigenvalue weighted by molar-refractivity contribution is 7.92. The van der Waals surface area contributed by atoms with Crippen molar-refractivity contribution in [1.82, 2.24) is 10.2 Å². The Bertz CT molecular complexity index is 1720. The molecule has 4 aromatic carbocycles. The van der Waals surface area contributed by atoms with Gasteiger partial charge in [0.1, 0.15) is 12.6 Å². The van der Waals surface area contributed by atoms with Crippen LogP contribution in [0.25, 0.3) is 10.8 Å². The summed E-state index contributed by atoms with van der Waals surface area (Å²) in [6.45, 7) is 5.07. The molecule has 0 spiro atoms. The Labute approximate surface area is 263 Å². The van der Waals surface area contributed by atoms with Gasteiger partial charge >= 0.3 is 0 Å². The summed E-state index contributed by atoms with van der Waals surface area (Å²) >= 11 is 12.5. The number of nitrogens with one attached hydrogen (secondary N) is 1. The SMILES string of the molecule is CC(C)(C)NC(=O)[C@@H](Cc1ccccc1)N(Cc1ccc(Cl)c(Cl)c1)C(=O)CN(c1cccc2ccccc12)S(C)(=O)=O. The minimum atomic E-state index is -3.91. The van der Waals surface area contributed by atoms with Crippen molar-refractivity contribution in [2.45, 2.75) is 45.3 Å². The summed E-state index contributed by atoms with van der Waals surface area (Å²) in [7, 11) is -3.91. The molecule has 0 aromatic heterocycles. The van der Waals surface area contributed by atoms with E-state index in [-0.39, 0.29) is 18.9 Å². The quantitative estimate of drug-likeness (QED) is 0.216. The molecule has 4 aromatic rings. The van der Waals surface area contributed by atoms with Crippen LogP contribution < -0.4 is 9.62 Å². The molecule has 0 fully saturated rings. The number of carbonyl (C=O) groups excluding carboxylic acids is 2. The van der Waals surface area contributed by atoms with Gasteiger partial charge in [0.2, 0.25) is 21.8 Å². The van der Waals surface area contributed by atoms with Crippen LogP contribution in [-0.4, -0.2) is 49.5 Å². The van der Waals surface area contributed by atoms with Crippen molar-refractivity contribution in [2.24, 2.45) is 0 Å². The molecule has 1 atom stereocenters. The Morgan fingerprint density at radius 1 is 0.837 bits per heavy atom. The zero-order chi connectivity index (χ0) is 31.4. The van der Waals surface area contributed by atoms with Crippen molar-refractivity contribution in [3.05, 3.63) is 112 Å². The number of carbonyl (C=O) groups is 2. The fraction of sp³-hybridized carbons (Fsp3) is 0.273. The van der Waals surface area contributed by atoms with Crippen LogP contribution >= 0.6 is 23.2 Å². The number of hydrogen-bond donors (Lipinski definition) is 1. The first-order valence-corrected chi connectivity index (χ1v) is 16.4. The minimum Gasteiger partial charge on any atom is -0.350 e. The molecule has 0 aliphatic carbocycles. The number of hydrogen-bond acceptors (Lipinski definition) is 4. The number of sulfonamides is 1. The van der Waals surface area contributed by atoms with Crippen LogP contribution in [0.15, 0.2) is 91.0 Å². The van der Waals surface area contributed by atoms with Crippen LogP contribution in [0.1, 0.15) is 31.9 Å². The van der Waals surface area contributed by atoms with Crippen molar-refractivity contribution >= 4 is 61.5 Å². The van der Waals surface area contributed by atoms with Crippen LogP contribution in [0, 0.1) is 0 Å². The average molecular weight is 641 g/mol. The monoisotopic (exact) mass is 639 g/mol. The van der Waals surface area contributed by atoms with Crippen LogP contribution in [-0.2, 0) is 32.6 Å². The molecule has 7 nitrogen and oxygen atoms in total. The molecule has 43 heavy (non-hydrogen) atoms. The smallest absolute Gasteiger partial charge is 0.244 e. The maximum atomic E-state index is 14.3. The highest BCUT2D eigenvalue weighted by atomic mass is 35.5. The van der Waals surface area contributed by atoms with Crippen molar-refractivity contribution in [3.8, 4) is 0 Å². The third kappa shape index (κ3) is 8.50.